The van der Waals surface area contributed by atoms with Crippen LogP contribution >= 0.6 is 23.1 Å². The lowest BCUT2D eigenvalue weighted by molar-refractivity contribution is 0.639. The second-order valence-electron chi connectivity index (χ2n) is 4.42. The Balaban J connectivity index is 2.27. The van der Waals surface area contributed by atoms with E-state index in [0.29, 0.717) is 6.04 Å². The van der Waals surface area contributed by atoms with Crippen molar-refractivity contribution in [2.45, 2.75) is 31.2 Å². The minimum Gasteiger partial charge on any atom is -0.306 e. The molecule has 0 saturated carbocycles. The molecule has 2 aromatic rings. The Morgan fingerprint density at radius 2 is 1.84 bits per heavy atom. The van der Waals surface area contributed by atoms with Gasteiger partial charge in [-0.15, -0.1) is 23.1 Å². The highest BCUT2D eigenvalue weighted by atomic mass is 32.2. The van der Waals surface area contributed by atoms with Crippen molar-refractivity contribution in [3.05, 3.63) is 51.7 Å². The fraction of sp³-hybridized carbons (Fsp3) is 0.375. The van der Waals surface area contributed by atoms with Crippen molar-refractivity contribution in [1.29, 1.82) is 0 Å². The zero-order valence-electron chi connectivity index (χ0n) is 11.8. The number of thioether (sulfide) groups is 1. The van der Waals surface area contributed by atoms with E-state index in [0.717, 1.165) is 13.0 Å². The van der Waals surface area contributed by atoms with E-state index < -0.39 is 0 Å². The zero-order valence-corrected chi connectivity index (χ0v) is 13.4. The molecule has 0 spiro atoms. The lowest BCUT2D eigenvalue weighted by atomic mass is 10.1. The second kappa shape index (κ2) is 7.13. The molecule has 0 fully saturated rings. The number of benzene rings is 1. The predicted molar refractivity (Wildman–Crippen MR) is 87.4 cm³/mol. The number of nitrogens with one attached hydrogen (secondary N) is 1. The molecule has 19 heavy (non-hydrogen) atoms. The van der Waals surface area contributed by atoms with Crippen LogP contribution < -0.4 is 5.32 Å². The maximum atomic E-state index is 3.59. The smallest absolute Gasteiger partial charge is 0.0671 e. The largest absolute Gasteiger partial charge is 0.306 e. The molecule has 2 rings (SSSR count). The molecule has 1 N–H and O–H groups in total. The van der Waals surface area contributed by atoms with E-state index in [4.69, 9.17) is 0 Å². The first kappa shape index (κ1) is 14.6. The van der Waals surface area contributed by atoms with Crippen LogP contribution in [-0.4, -0.2) is 12.8 Å². The fourth-order valence-electron chi connectivity index (χ4n) is 2.12. The average Bonchev–Trinajstić information content (AvgIpc) is 2.93. The molecule has 1 aromatic heterocycles. The number of thiophene rings is 1. The van der Waals surface area contributed by atoms with Gasteiger partial charge >= 0.3 is 0 Å². The number of hydrogen-bond acceptors (Lipinski definition) is 3. The van der Waals surface area contributed by atoms with Gasteiger partial charge in [-0.05, 0) is 49.1 Å². The molecule has 0 aliphatic heterocycles. The summed E-state index contributed by atoms with van der Waals surface area (Å²) in [7, 11) is 0. The van der Waals surface area contributed by atoms with E-state index in [1.807, 2.05) is 11.3 Å². The van der Waals surface area contributed by atoms with E-state index in [1.54, 1.807) is 11.8 Å². The van der Waals surface area contributed by atoms with E-state index in [2.05, 4.69) is 61.8 Å². The minimum atomic E-state index is 0.325. The van der Waals surface area contributed by atoms with Crippen molar-refractivity contribution in [2.24, 2.45) is 0 Å². The van der Waals surface area contributed by atoms with Gasteiger partial charge in [0, 0.05) is 14.6 Å². The highest BCUT2D eigenvalue weighted by Crippen LogP contribution is 2.29. The normalized spacial score (nSPS) is 12.6. The average molecular weight is 291 g/mol. The van der Waals surface area contributed by atoms with Crippen LogP contribution in [0.3, 0.4) is 0 Å². The summed E-state index contributed by atoms with van der Waals surface area (Å²) < 4.78 is 0. The van der Waals surface area contributed by atoms with Crippen molar-refractivity contribution in [3.63, 3.8) is 0 Å². The van der Waals surface area contributed by atoms with Gasteiger partial charge in [-0.2, -0.15) is 0 Å². The SMILES string of the molecule is CCNC(c1ccc(SC)cc1)c1ccc(CC)s1. The fourth-order valence-corrected chi connectivity index (χ4v) is 3.59. The summed E-state index contributed by atoms with van der Waals surface area (Å²) in [6.45, 7) is 5.36. The molecule has 1 heterocycles. The van der Waals surface area contributed by atoms with Gasteiger partial charge in [0.25, 0.3) is 0 Å². The summed E-state index contributed by atoms with van der Waals surface area (Å²) in [5.74, 6) is 0. The standard InChI is InChI=1S/C16H21NS2/c1-4-13-10-11-15(19-13)16(17-5-2)12-6-8-14(18-3)9-7-12/h6-11,16-17H,4-5H2,1-3H3. The molecule has 0 saturated heterocycles. The van der Waals surface area contributed by atoms with Crippen LogP contribution in [0.4, 0.5) is 0 Å². The maximum absolute atomic E-state index is 3.59. The molecule has 0 aliphatic rings. The van der Waals surface area contributed by atoms with Gasteiger partial charge in [0.1, 0.15) is 0 Å². The van der Waals surface area contributed by atoms with E-state index >= 15 is 0 Å². The van der Waals surface area contributed by atoms with E-state index in [9.17, 15) is 0 Å². The van der Waals surface area contributed by atoms with Gasteiger partial charge in [-0.3, -0.25) is 0 Å². The molecule has 102 valence electrons. The Kier molecular flexibility index (Phi) is 5.49. The van der Waals surface area contributed by atoms with Crippen LogP contribution in [0.1, 0.15) is 35.2 Å². The van der Waals surface area contributed by atoms with Gasteiger partial charge in [0.15, 0.2) is 0 Å². The first-order valence-corrected chi connectivity index (χ1v) is 8.78. The molecule has 0 amide bonds. The molecule has 1 nitrogen and oxygen atoms in total. The molecule has 0 aliphatic carbocycles. The lowest BCUT2D eigenvalue weighted by Crippen LogP contribution is -2.20. The van der Waals surface area contributed by atoms with Crippen LogP contribution in [0.5, 0.6) is 0 Å². The molecule has 3 heteroatoms. The monoisotopic (exact) mass is 291 g/mol. The molecule has 1 atom stereocenters. The van der Waals surface area contributed by atoms with Crippen LogP contribution in [0.15, 0.2) is 41.3 Å². The third kappa shape index (κ3) is 3.62. The Labute approximate surface area is 124 Å². The third-order valence-corrected chi connectivity index (χ3v) is 5.21. The molecule has 1 aromatic carbocycles. The van der Waals surface area contributed by atoms with Crippen LogP contribution in [0.2, 0.25) is 0 Å². The van der Waals surface area contributed by atoms with Crippen LogP contribution in [0.25, 0.3) is 0 Å². The summed E-state index contributed by atoms with van der Waals surface area (Å²) in [5.41, 5.74) is 1.35. The number of rotatable bonds is 6. The minimum absolute atomic E-state index is 0.325. The van der Waals surface area contributed by atoms with E-state index in [1.165, 1.54) is 20.2 Å². The van der Waals surface area contributed by atoms with Gasteiger partial charge in [-0.25, -0.2) is 0 Å². The Morgan fingerprint density at radius 1 is 1.11 bits per heavy atom. The number of hydrogen-bond donors (Lipinski definition) is 1. The summed E-state index contributed by atoms with van der Waals surface area (Å²) >= 11 is 3.71. The summed E-state index contributed by atoms with van der Waals surface area (Å²) in [5, 5.41) is 3.59. The highest BCUT2D eigenvalue weighted by Gasteiger charge is 2.14. The summed E-state index contributed by atoms with van der Waals surface area (Å²) in [6.07, 6.45) is 3.23. The van der Waals surface area contributed by atoms with Crippen molar-refractivity contribution < 1.29 is 0 Å². The van der Waals surface area contributed by atoms with Gasteiger partial charge in [-0.1, -0.05) is 26.0 Å². The quantitative estimate of drug-likeness (QED) is 0.772. The molecule has 1 unspecified atom stereocenters. The van der Waals surface area contributed by atoms with Crippen molar-refractivity contribution in [1.82, 2.24) is 5.32 Å². The maximum Gasteiger partial charge on any atom is 0.0671 e. The number of aryl methyl sites for hydroxylation is 1. The zero-order chi connectivity index (χ0) is 13.7. The second-order valence-corrected chi connectivity index (χ2v) is 6.50. The van der Waals surface area contributed by atoms with Crippen LogP contribution in [-0.2, 0) is 6.42 Å². The Hall–Kier alpha value is -0.770. The topological polar surface area (TPSA) is 12.0 Å². The summed E-state index contributed by atoms with van der Waals surface area (Å²) in [6, 6.07) is 13.7. The van der Waals surface area contributed by atoms with Crippen molar-refractivity contribution in [3.8, 4) is 0 Å². The van der Waals surface area contributed by atoms with Crippen molar-refractivity contribution in [2.75, 3.05) is 12.8 Å². The van der Waals surface area contributed by atoms with Gasteiger partial charge < -0.3 is 5.32 Å². The molecular weight excluding hydrogens is 270 g/mol. The molecule has 0 radical (unpaired) electrons. The summed E-state index contributed by atoms with van der Waals surface area (Å²) in [4.78, 5) is 4.19. The Bertz CT molecular complexity index is 502. The highest BCUT2D eigenvalue weighted by molar-refractivity contribution is 7.98. The molecular formula is C16H21NS2. The van der Waals surface area contributed by atoms with Gasteiger partial charge in [0.05, 0.1) is 6.04 Å². The predicted octanol–water partition coefficient (Wildman–Crippen LogP) is 4.73. The van der Waals surface area contributed by atoms with Crippen LogP contribution in [0, 0.1) is 0 Å². The van der Waals surface area contributed by atoms with Crippen molar-refractivity contribution >= 4 is 23.1 Å². The first-order valence-electron chi connectivity index (χ1n) is 6.74. The molecule has 0 bridgehead atoms. The lowest BCUT2D eigenvalue weighted by Gasteiger charge is -2.17. The third-order valence-electron chi connectivity index (χ3n) is 3.17. The Morgan fingerprint density at radius 3 is 2.37 bits per heavy atom. The van der Waals surface area contributed by atoms with E-state index in [-0.39, 0.29) is 0 Å². The van der Waals surface area contributed by atoms with Gasteiger partial charge in [0.2, 0.25) is 0 Å². The first-order chi connectivity index (χ1) is 9.28.